The van der Waals surface area contributed by atoms with Gasteiger partial charge in [-0.05, 0) is 50.7 Å². The van der Waals surface area contributed by atoms with Crippen molar-refractivity contribution in [2.45, 2.75) is 52.6 Å². The lowest BCUT2D eigenvalue weighted by Gasteiger charge is -2.25. The van der Waals surface area contributed by atoms with Crippen LogP contribution < -0.4 is 4.74 Å². The van der Waals surface area contributed by atoms with Crippen molar-refractivity contribution in [3.05, 3.63) is 29.8 Å². The van der Waals surface area contributed by atoms with Crippen LogP contribution in [0, 0.1) is 5.92 Å². The molecule has 0 spiro atoms. The second-order valence-corrected chi connectivity index (χ2v) is 5.64. The quantitative estimate of drug-likeness (QED) is 0.797. The van der Waals surface area contributed by atoms with Crippen LogP contribution in [-0.4, -0.2) is 17.3 Å². The van der Waals surface area contributed by atoms with Gasteiger partial charge in [0.1, 0.15) is 5.75 Å². The normalized spacial score (nSPS) is 14.6. The Kier molecular flexibility index (Phi) is 5.67. The number of aliphatic hydroxyl groups is 1. The van der Waals surface area contributed by atoms with Crippen molar-refractivity contribution in [2.24, 2.45) is 5.92 Å². The number of para-hydroxylation sites is 1. The molecule has 1 aromatic carbocycles. The number of rotatable bonds is 7. The summed E-state index contributed by atoms with van der Waals surface area (Å²) in [5.41, 5.74) is 0.594. The van der Waals surface area contributed by atoms with E-state index < -0.39 is 5.60 Å². The van der Waals surface area contributed by atoms with Crippen molar-refractivity contribution in [2.75, 3.05) is 6.61 Å². The highest BCUT2D eigenvalue weighted by molar-refractivity contribution is 5.33. The molecule has 0 aromatic heterocycles. The fourth-order valence-electron chi connectivity index (χ4n) is 2.39. The molecule has 2 heteroatoms. The second-order valence-electron chi connectivity index (χ2n) is 5.64. The molecule has 0 fully saturated rings. The number of ether oxygens (including phenoxy) is 1. The van der Waals surface area contributed by atoms with Crippen LogP contribution in [0.15, 0.2) is 24.3 Å². The van der Waals surface area contributed by atoms with Crippen molar-refractivity contribution in [1.82, 2.24) is 0 Å². The summed E-state index contributed by atoms with van der Waals surface area (Å²) in [6, 6.07) is 8.09. The molecule has 0 heterocycles. The molecule has 1 aromatic rings. The summed E-state index contributed by atoms with van der Waals surface area (Å²) in [5.74, 6) is 1.46. The van der Waals surface area contributed by atoms with Crippen molar-refractivity contribution < 1.29 is 9.84 Å². The summed E-state index contributed by atoms with van der Waals surface area (Å²) in [6.07, 6.45) is 2.47. The summed E-state index contributed by atoms with van der Waals surface area (Å²) >= 11 is 0. The standard InChI is InChI=1S/C16H26O2/c1-5-18-15-9-7-6-8-14(15)10-11-16(4,17)12-13(2)3/h6-9,13,17H,5,10-12H2,1-4H3. The Balaban J connectivity index is 2.62. The Bertz CT molecular complexity index is 356. The number of benzene rings is 1. The maximum absolute atomic E-state index is 10.3. The van der Waals surface area contributed by atoms with Crippen LogP contribution >= 0.6 is 0 Å². The molecular formula is C16H26O2. The molecule has 0 aliphatic rings. The summed E-state index contributed by atoms with van der Waals surface area (Å²) in [6.45, 7) is 8.88. The molecule has 2 nitrogen and oxygen atoms in total. The molecule has 0 saturated heterocycles. The maximum Gasteiger partial charge on any atom is 0.122 e. The average Bonchev–Trinajstić information content (AvgIpc) is 2.27. The summed E-state index contributed by atoms with van der Waals surface area (Å²) in [7, 11) is 0. The molecule has 18 heavy (non-hydrogen) atoms. The van der Waals surface area contributed by atoms with Gasteiger partial charge in [0.05, 0.1) is 12.2 Å². The molecule has 0 bridgehead atoms. The zero-order chi connectivity index (χ0) is 13.6. The van der Waals surface area contributed by atoms with E-state index in [0.717, 1.165) is 25.0 Å². The lowest BCUT2D eigenvalue weighted by molar-refractivity contribution is 0.0301. The van der Waals surface area contributed by atoms with Gasteiger partial charge in [0.2, 0.25) is 0 Å². The fourth-order valence-corrected chi connectivity index (χ4v) is 2.39. The SMILES string of the molecule is CCOc1ccccc1CCC(C)(O)CC(C)C. The van der Waals surface area contributed by atoms with Crippen LogP contribution in [0.5, 0.6) is 5.75 Å². The van der Waals surface area contributed by atoms with Crippen molar-refractivity contribution in [1.29, 1.82) is 0 Å². The van der Waals surface area contributed by atoms with Crippen LogP contribution in [0.2, 0.25) is 0 Å². The third-order valence-electron chi connectivity index (χ3n) is 3.05. The highest BCUT2D eigenvalue weighted by Crippen LogP contribution is 2.26. The molecule has 0 aliphatic heterocycles. The number of hydrogen-bond acceptors (Lipinski definition) is 2. The van der Waals surface area contributed by atoms with Crippen LogP contribution in [0.25, 0.3) is 0 Å². The van der Waals surface area contributed by atoms with Gasteiger partial charge in [-0.1, -0.05) is 32.0 Å². The van der Waals surface area contributed by atoms with Gasteiger partial charge in [0, 0.05) is 0 Å². The highest BCUT2D eigenvalue weighted by atomic mass is 16.5. The molecule has 0 radical (unpaired) electrons. The van der Waals surface area contributed by atoms with E-state index in [1.165, 1.54) is 5.56 Å². The zero-order valence-corrected chi connectivity index (χ0v) is 12.1. The molecule has 0 saturated carbocycles. The molecule has 102 valence electrons. The van der Waals surface area contributed by atoms with E-state index >= 15 is 0 Å². The highest BCUT2D eigenvalue weighted by Gasteiger charge is 2.22. The molecule has 1 unspecified atom stereocenters. The van der Waals surface area contributed by atoms with Gasteiger partial charge in [-0.15, -0.1) is 0 Å². The Morgan fingerprint density at radius 1 is 1.28 bits per heavy atom. The van der Waals surface area contributed by atoms with E-state index in [-0.39, 0.29) is 0 Å². The van der Waals surface area contributed by atoms with E-state index in [9.17, 15) is 5.11 Å². The van der Waals surface area contributed by atoms with Gasteiger partial charge in [0.25, 0.3) is 0 Å². The Morgan fingerprint density at radius 3 is 2.56 bits per heavy atom. The minimum Gasteiger partial charge on any atom is -0.494 e. The first-order chi connectivity index (χ1) is 8.44. The molecular weight excluding hydrogens is 224 g/mol. The van der Waals surface area contributed by atoms with Crippen LogP contribution in [0.1, 0.15) is 46.1 Å². The predicted molar refractivity (Wildman–Crippen MR) is 76.0 cm³/mol. The largest absolute Gasteiger partial charge is 0.494 e. The van der Waals surface area contributed by atoms with E-state index in [4.69, 9.17) is 4.74 Å². The van der Waals surface area contributed by atoms with Crippen LogP contribution in [0.4, 0.5) is 0 Å². The average molecular weight is 250 g/mol. The minimum absolute atomic E-state index is 0.516. The third kappa shape index (κ3) is 5.09. The van der Waals surface area contributed by atoms with E-state index in [2.05, 4.69) is 19.9 Å². The Morgan fingerprint density at radius 2 is 1.94 bits per heavy atom. The van der Waals surface area contributed by atoms with Gasteiger partial charge in [-0.3, -0.25) is 0 Å². The van der Waals surface area contributed by atoms with Crippen molar-refractivity contribution >= 4 is 0 Å². The van der Waals surface area contributed by atoms with Gasteiger partial charge < -0.3 is 9.84 Å². The van der Waals surface area contributed by atoms with Crippen LogP contribution in [-0.2, 0) is 6.42 Å². The molecule has 1 N–H and O–H groups in total. The maximum atomic E-state index is 10.3. The minimum atomic E-state index is -0.590. The lowest BCUT2D eigenvalue weighted by Crippen LogP contribution is -2.27. The molecule has 1 rings (SSSR count). The first kappa shape index (κ1) is 15.0. The van der Waals surface area contributed by atoms with E-state index in [1.807, 2.05) is 32.0 Å². The van der Waals surface area contributed by atoms with Crippen molar-refractivity contribution in [3.8, 4) is 5.75 Å². The third-order valence-corrected chi connectivity index (χ3v) is 3.05. The summed E-state index contributed by atoms with van der Waals surface area (Å²) in [4.78, 5) is 0. The predicted octanol–water partition coefficient (Wildman–Crippen LogP) is 3.82. The van der Waals surface area contributed by atoms with Gasteiger partial charge >= 0.3 is 0 Å². The Labute approximate surface area is 111 Å². The first-order valence-electron chi connectivity index (χ1n) is 6.87. The molecule has 0 aliphatic carbocycles. The number of hydrogen-bond donors (Lipinski definition) is 1. The first-order valence-corrected chi connectivity index (χ1v) is 6.87. The molecule has 0 amide bonds. The van der Waals surface area contributed by atoms with Gasteiger partial charge in [-0.25, -0.2) is 0 Å². The zero-order valence-electron chi connectivity index (χ0n) is 12.1. The number of aryl methyl sites for hydroxylation is 1. The molecule has 1 atom stereocenters. The van der Waals surface area contributed by atoms with Crippen LogP contribution in [0.3, 0.4) is 0 Å². The fraction of sp³-hybridized carbons (Fsp3) is 0.625. The summed E-state index contributed by atoms with van der Waals surface area (Å²) in [5, 5.41) is 10.3. The second kappa shape index (κ2) is 6.79. The summed E-state index contributed by atoms with van der Waals surface area (Å²) < 4.78 is 5.60. The van der Waals surface area contributed by atoms with E-state index in [0.29, 0.717) is 12.5 Å². The smallest absolute Gasteiger partial charge is 0.122 e. The monoisotopic (exact) mass is 250 g/mol. The Hall–Kier alpha value is -1.02. The topological polar surface area (TPSA) is 29.5 Å². The van der Waals surface area contributed by atoms with Crippen molar-refractivity contribution in [3.63, 3.8) is 0 Å². The van der Waals surface area contributed by atoms with E-state index in [1.54, 1.807) is 0 Å². The lowest BCUT2D eigenvalue weighted by atomic mass is 9.88. The van der Waals surface area contributed by atoms with Gasteiger partial charge in [-0.2, -0.15) is 0 Å². The van der Waals surface area contributed by atoms with Gasteiger partial charge in [0.15, 0.2) is 0 Å².